The Morgan fingerprint density at radius 3 is 2.94 bits per heavy atom. The fraction of sp³-hybridized carbons (Fsp3) is 0.714. The average molecular weight is 238 g/mol. The molecule has 0 aromatic rings. The van der Waals surface area contributed by atoms with Crippen molar-refractivity contribution in [2.75, 3.05) is 7.11 Å². The molecule has 2 unspecified atom stereocenters. The van der Waals surface area contributed by atoms with Gasteiger partial charge in [0.05, 0.1) is 7.11 Å². The Kier molecular flexibility index (Phi) is 5.95. The van der Waals surface area contributed by atoms with E-state index in [0.29, 0.717) is 12.8 Å². The number of rotatable bonds is 6. The van der Waals surface area contributed by atoms with Crippen LogP contribution in [-0.4, -0.2) is 18.9 Å². The highest BCUT2D eigenvalue weighted by Gasteiger charge is 2.34. The highest BCUT2D eigenvalue weighted by Crippen LogP contribution is 2.32. The van der Waals surface area contributed by atoms with Gasteiger partial charge in [-0.05, 0) is 18.8 Å². The molecule has 0 amide bonds. The fourth-order valence-corrected chi connectivity index (χ4v) is 2.29. The van der Waals surface area contributed by atoms with Gasteiger partial charge in [0, 0.05) is 18.8 Å². The van der Waals surface area contributed by atoms with Gasteiger partial charge in [0.15, 0.2) is 0 Å². The summed E-state index contributed by atoms with van der Waals surface area (Å²) in [6, 6.07) is 0. The Morgan fingerprint density at radius 2 is 2.29 bits per heavy atom. The summed E-state index contributed by atoms with van der Waals surface area (Å²) in [4.78, 5) is 23.0. The Balaban J connectivity index is 2.50. The maximum atomic E-state index is 11.7. The summed E-state index contributed by atoms with van der Waals surface area (Å²) in [6.07, 6.45) is 9.20. The van der Waals surface area contributed by atoms with Crippen LogP contribution in [0.15, 0.2) is 12.2 Å². The van der Waals surface area contributed by atoms with Gasteiger partial charge < -0.3 is 4.74 Å². The van der Waals surface area contributed by atoms with E-state index in [1.54, 1.807) is 0 Å². The van der Waals surface area contributed by atoms with E-state index in [4.69, 9.17) is 0 Å². The van der Waals surface area contributed by atoms with Gasteiger partial charge in [0.25, 0.3) is 0 Å². The molecule has 3 nitrogen and oxygen atoms in total. The highest BCUT2D eigenvalue weighted by molar-refractivity contribution is 5.86. The van der Waals surface area contributed by atoms with E-state index in [2.05, 4.69) is 17.7 Å². The van der Waals surface area contributed by atoms with Crippen molar-refractivity contribution in [3.05, 3.63) is 12.2 Å². The number of hydrogen-bond acceptors (Lipinski definition) is 3. The van der Waals surface area contributed by atoms with E-state index in [0.717, 1.165) is 25.7 Å². The van der Waals surface area contributed by atoms with E-state index in [1.165, 1.54) is 7.11 Å². The van der Waals surface area contributed by atoms with Crippen molar-refractivity contribution in [1.82, 2.24) is 0 Å². The van der Waals surface area contributed by atoms with Crippen molar-refractivity contribution in [1.29, 1.82) is 0 Å². The third-order valence-electron chi connectivity index (χ3n) is 3.37. The van der Waals surface area contributed by atoms with Crippen LogP contribution < -0.4 is 0 Å². The van der Waals surface area contributed by atoms with Crippen LogP contribution in [0.4, 0.5) is 0 Å². The van der Waals surface area contributed by atoms with Gasteiger partial charge in [-0.25, -0.2) is 0 Å². The molecule has 96 valence electrons. The lowest BCUT2D eigenvalue weighted by Gasteiger charge is -2.13. The molecule has 0 aromatic carbocycles. The normalized spacial score (nSPS) is 24.5. The van der Waals surface area contributed by atoms with E-state index >= 15 is 0 Å². The molecule has 0 aliphatic heterocycles. The summed E-state index contributed by atoms with van der Waals surface area (Å²) >= 11 is 0. The summed E-state index contributed by atoms with van der Waals surface area (Å²) in [5.41, 5.74) is 0. The molecule has 0 saturated heterocycles. The predicted octanol–water partition coefficient (Wildman–Crippen LogP) is 2.89. The van der Waals surface area contributed by atoms with Gasteiger partial charge in [0.2, 0.25) is 0 Å². The second-order valence-corrected chi connectivity index (χ2v) is 4.64. The zero-order chi connectivity index (χ0) is 12.7. The zero-order valence-corrected chi connectivity index (χ0v) is 10.8. The largest absolute Gasteiger partial charge is 0.469 e. The first-order chi connectivity index (χ1) is 8.19. The summed E-state index contributed by atoms with van der Waals surface area (Å²) in [7, 11) is 1.39. The number of carbonyl (C=O) groups is 2. The first kappa shape index (κ1) is 13.9. The SMILES string of the molecule is CCCC/C=C\C1C(=O)CCC1CC(=O)OC. The van der Waals surface area contributed by atoms with Crippen molar-refractivity contribution >= 4 is 11.8 Å². The Bertz CT molecular complexity index is 294. The van der Waals surface area contributed by atoms with Crippen molar-refractivity contribution in [2.24, 2.45) is 11.8 Å². The first-order valence-electron chi connectivity index (χ1n) is 6.45. The van der Waals surface area contributed by atoms with Crippen LogP contribution in [0, 0.1) is 11.8 Å². The molecule has 1 aliphatic carbocycles. The molecule has 1 fully saturated rings. The molecule has 1 aliphatic rings. The van der Waals surface area contributed by atoms with Crippen LogP contribution >= 0.6 is 0 Å². The van der Waals surface area contributed by atoms with Gasteiger partial charge in [0.1, 0.15) is 5.78 Å². The van der Waals surface area contributed by atoms with Crippen molar-refractivity contribution in [3.63, 3.8) is 0 Å². The molecule has 0 heterocycles. The minimum atomic E-state index is -0.211. The van der Waals surface area contributed by atoms with Crippen molar-refractivity contribution < 1.29 is 14.3 Å². The topological polar surface area (TPSA) is 43.4 Å². The minimum absolute atomic E-state index is 0.0639. The third kappa shape index (κ3) is 4.33. The lowest BCUT2D eigenvalue weighted by molar-refractivity contribution is -0.141. The number of hydrogen-bond donors (Lipinski definition) is 0. The van der Waals surface area contributed by atoms with E-state index < -0.39 is 0 Å². The molecule has 2 atom stereocenters. The Morgan fingerprint density at radius 1 is 1.53 bits per heavy atom. The van der Waals surface area contributed by atoms with Gasteiger partial charge >= 0.3 is 5.97 Å². The van der Waals surface area contributed by atoms with Gasteiger partial charge in [-0.2, -0.15) is 0 Å². The van der Waals surface area contributed by atoms with E-state index in [-0.39, 0.29) is 23.6 Å². The molecular formula is C14H22O3. The van der Waals surface area contributed by atoms with Crippen LogP contribution in [0.1, 0.15) is 45.4 Å². The summed E-state index contributed by atoms with van der Waals surface area (Å²) in [6.45, 7) is 2.15. The number of ketones is 1. The van der Waals surface area contributed by atoms with Gasteiger partial charge in [-0.3, -0.25) is 9.59 Å². The monoisotopic (exact) mass is 238 g/mol. The molecule has 0 aromatic heterocycles. The molecule has 1 rings (SSSR count). The molecule has 0 radical (unpaired) electrons. The van der Waals surface area contributed by atoms with Crippen LogP contribution in [0.5, 0.6) is 0 Å². The first-order valence-corrected chi connectivity index (χ1v) is 6.45. The summed E-state index contributed by atoms with van der Waals surface area (Å²) in [5, 5.41) is 0. The average Bonchev–Trinajstić information content (AvgIpc) is 2.66. The van der Waals surface area contributed by atoms with E-state index in [9.17, 15) is 9.59 Å². The standard InChI is InChI=1S/C14H22O3/c1-3-4-5-6-7-12-11(8-9-13(12)15)10-14(16)17-2/h6-7,11-12H,3-5,8-10H2,1-2H3/b7-6-. The van der Waals surface area contributed by atoms with Crippen LogP contribution in [0.3, 0.4) is 0 Å². The second kappa shape index (κ2) is 7.25. The minimum Gasteiger partial charge on any atom is -0.469 e. The Labute approximate surface area is 103 Å². The molecule has 0 spiro atoms. The maximum Gasteiger partial charge on any atom is 0.305 e. The Hall–Kier alpha value is -1.12. The smallest absolute Gasteiger partial charge is 0.305 e. The summed E-state index contributed by atoms with van der Waals surface area (Å²) in [5.74, 6) is 0.141. The van der Waals surface area contributed by atoms with E-state index in [1.807, 2.05) is 6.08 Å². The maximum absolute atomic E-state index is 11.7. The number of ether oxygens (including phenoxy) is 1. The molecule has 0 N–H and O–H groups in total. The van der Waals surface area contributed by atoms with Crippen molar-refractivity contribution in [3.8, 4) is 0 Å². The third-order valence-corrected chi connectivity index (χ3v) is 3.37. The van der Waals surface area contributed by atoms with Crippen LogP contribution in [0.2, 0.25) is 0 Å². The molecule has 17 heavy (non-hydrogen) atoms. The highest BCUT2D eigenvalue weighted by atomic mass is 16.5. The molecular weight excluding hydrogens is 216 g/mol. The second-order valence-electron chi connectivity index (χ2n) is 4.64. The number of allylic oxidation sites excluding steroid dienone is 2. The summed E-state index contributed by atoms with van der Waals surface area (Å²) < 4.78 is 4.66. The lowest BCUT2D eigenvalue weighted by Crippen LogP contribution is -2.16. The number of Topliss-reactive ketones (excluding diaryl/α,β-unsaturated/α-hetero) is 1. The number of esters is 1. The molecule has 3 heteroatoms. The number of unbranched alkanes of at least 4 members (excludes halogenated alkanes) is 2. The van der Waals surface area contributed by atoms with Gasteiger partial charge in [-0.1, -0.05) is 31.9 Å². The van der Waals surface area contributed by atoms with Crippen LogP contribution in [-0.2, 0) is 14.3 Å². The van der Waals surface area contributed by atoms with Gasteiger partial charge in [-0.15, -0.1) is 0 Å². The molecule has 1 saturated carbocycles. The van der Waals surface area contributed by atoms with Crippen molar-refractivity contribution in [2.45, 2.75) is 45.4 Å². The number of carbonyl (C=O) groups excluding carboxylic acids is 2. The number of methoxy groups -OCH3 is 1. The predicted molar refractivity (Wildman–Crippen MR) is 66.5 cm³/mol. The molecule has 0 bridgehead atoms. The fourth-order valence-electron chi connectivity index (χ4n) is 2.29. The zero-order valence-electron chi connectivity index (χ0n) is 10.8. The van der Waals surface area contributed by atoms with Crippen LogP contribution in [0.25, 0.3) is 0 Å². The quantitative estimate of drug-likeness (QED) is 0.406. The lowest BCUT2D eigenvalue weighted by atomic mass is 9.92.